The molecule has 1 atom stereocenters. The van der Waals surface area contributed by atoms with Crippen LogP contribution in [0.4, 0.5) is 11.8 Å². The van der Waals surface area contributed by atoms with Crippen molar-refractivity contribution in [2.45, 2.75) is 54.9 Å². The third-order valence-corrected chi connectivity index (χ3v) is 8.11. The lowest BCUT2D eigenvalue weighted by atomic mass is 9.77. The monoisotopic (exact) mass is 484 g/mol. The van der Waals surface area contributed by atoms with E-state index in [0.29, 0.717) is 34.9 Å². The Balaban J connectivity index is 0.00000144. The SMILES string of the molecule is O.O.O=[S@@]1CCc2nc(N3CCC(c4ncc(Cl)cn4)CC3)nc(NC3(CO)CCC3)c21. The van der Waals surface area contributed by atoms with E-state index in [4.69, 9.17) is 21.6 Å². The Morgan fingerprint density at radius 3 is 2.47 bits per heavy atom. The Morgan fingerprint density at radius 1 is 1.19 bits per heavy atom. The summed E-state index contributed by atoms with van der Waals surface area (Å²) in [4.78, 5) is 21.2. The minimum atomic E-state index is -1.08. The van der Waals surface area contributed by atoms with Crippen LogP contribution in [0.3, 0.4) is 0 Å². The minimum Gasteiger partial charge on any atom is -0.412 e. The van der Waals surface area contributed by atoms with Crippen LogP contribution in [-0.4, -0.2) is 71.2 Å². The highest BCUT2D eigenvalue weighted by Gasteiger charge is 2.39. The second-order valence-corrected chi connectivity index (χ2v) is 10.3. The molecule has 5 rings (SSSR count). The molecule has 2 fully saturated rings. The van der Waals surface area contributed by atoms with Gasteiger partial charge in [-0.1, -0.05) is 11.6 Å². The predicted octanol–water partition coefficient (Wildman–Crippen LogP) is 0.645. The summed E-state index contributed by atoms with van der Waals surface area (Å²) in [5.41, 5.74) is 0.530. The van der Waals surface area contributed by atoms with Crippen LogP contribution in [0.25, 0.3) is 0 Å². The molecule has 32 heavy (non-hydrogen) atoms. The average molecular weight is 485 g/mol. The van der Waals surface area contributed by atoms with Gasteiger partial charge in [0.05, 0.1) is 33.7 Å². The van der Waals surface area contributed by atoms with Gasteiger partial charge in [0.25, 0.3) is 0 Å². The fraction of sp³-hybridized carbons (Fsp3) is 0.600. The van der Waals surface area contributed by atoms with Crippen molar-refractivity contribution in [2.75, 3.05) is 35.7 Å². The van der Waals surface area contributed by atoms with Crippen molar-refractivity contribution in [3.05, 3.63) is 28.9 Å². The third-order valence-electron chi connectivity index (χ3n) is 6.46. The quantitative estimate of drug-likeness (QED) is 0.623. The van der Waals surface area contributed by atoms with E-state index in [1.165, 1.54) is 0 Å². The summed E-state index contributed by atoms with van der Waals surface area (Å²) in [5.74, 6) is 3.04. The van der Waals surface area contributed by atoms with Gasteiger partial charge < -0.3 is 26.3 Å². The number of rotatable bonds is 5. The molecule has 3 aliphatic rings. The molecule has 1 aliphatic carbocycles. The molecule has 2 aromatic heterocycles. The Kier molecular flexibility index (Phi) is 7.66. The first-order valence-corrected chi connectivity index (χ1v) is 12.2. The molecule has 4 heterocycles. The normalized spacial score (nSPS) is 21.7. The van der Waals surface area contributed by atoms with Crippen molar-refractivity contribution in [1.29, 1.82) is 0 Å². The average Bonchev–Trinajstić information content (AvgIpc) is 3.12. The van der Waals surface area contributed by atoms with Crippen LogP contribution in [0.15, 0.2) is 17.3 Å². The first-order valence-electron chi connectivity index (χ1n) is 10.5. The number of aliphatic hydroxyl groups is 1. The highest BCUT2D eigenvalue weighted by Crippen LogP contribution is 2.38. The largest absolute Gasteiger partial charge is 0.412 e. The highest BCUT2D eigenvalue weighted by molar-refractivity contribution is 7.85. The standard InChI is InChI=1S/C20H25ClN6O2S.2H2O/c21-14-10-22-17(23-11-14)13-2-7-27(8-3-13)19-24-15-4-9-30(29)16(15)18(25-19)26-20(12-28)5-1-6-20;;/h10-11,13,28H,1-9,12H2,(H,24,25,26);2*1H2/t30-;;/m1../s1. The Bertz CT molecular complexity index is 962. The van der Waals surface area contributed by atoms with Gasteiger partial charge in [0, 0.05) is 43.6 Å². The van der Waals surface area contributed by atoms with Gasteiger partial charge in [0.15, 0.2) is 0 Å². The molecular formula is C20H29ClN6O4S. The van der Waals surface area contributed by atoms with Crippen molar-refractivity contribution in [2.24, 2.45) is 0 Å². The number of aliphatic hydroxyl groups excluding tert-OH is 1. The summed E-state index contributed by atoms with van der Waals surface area (Å²) in [6.45, 7) is 1.67. The lowest BCUT2D eigenvalue weighted by Gasteiger charge is -2.42. The topological polar surface area (TPSA) is 167 Å². The van der Waals surface area contributed by atoms with E-state index in [2.05, 4.69) is 20.2 Å². The highest BCUT2D eigenvalue weighted by atomic mass is 35.5. The number of fused-ring (bicyclic) bond motifs is 1. The summed E-state index contributed by atoms with van der Waals surface area (Å²) in [5, 5.41) is 13.9. The number of aromatic nitrogens is 4. The van der Waals surface area contributed by atoms with Crippen molar-refractivity contribution in [3.8, 4) is 0 Å². The first kappa shape index (κ1) is 24.7. The maximum Gasteiger partial charge on any atom is 0.227 e. The van der Waals surface area contributed by atoms with Crippen LogP contribution < -0.4 is 10.2 Å². The maximum absolute atomic E-state index is 12.6. The summed E-state index contributed by atoms with van der Waals surface area (Å²) in [6, 6.07) is 0. The van der Waals surface area contributed by atoms with E-state index >= 15 is 0 Å². The number of nitrogens with zero attached hydrogens (tertiary/aromatic N) is 5. The van der Waals surface area contributed by atoms with E-state index in [1.807, 2.05) is 0 Å². The van der Waals surface area contributed by atoms with Crippen LogP contribution in [-0.2, 0) is 17.2 Å². The number of halogens is 1. The molecule has 0 spiro atoms. The molecule has 0 bridgehead atoms. The van der Waals surface area contributed by atoms with Crippen LogP contribution in [0.5, 0.6) is 0 Å². The molecule has 0 amide bonds. The van der Waals surface area contributed by atoms with Gasteiger partial charge in [0.2, 0.25) is 5.95 Å². The molecule has 2 aromatic rings. The van der Waals surface area contributed by atoms with Gasteiger partial charge in [-0.25, -0.2) is 15.0 Å². The molecule has 12 heteroatoms. The second kappa shape index (κ2) is 9.92. The third kappa shape index (κ3) is 4.58. The number of hydrogen-bond donors (Lipinski definition) is 2. The zero-order valence-electron chi connectivity index (χ0n) is 17.7. The minimum absolute atomic E-state index is 0. The fourth-order valence-electron chi connectivity index (χ4n) is 4.46. The first-order chi connectivity index (χ1) is 14.6. The zero-order valence-corrected chi connectivity index (χ0v) is 19.3. The number of hydrogen-bond acceptors (Lipinski definition) is 8. The number of aryl methyl sites for hydroxylation is 1. The van der Waals surface area contributed by atoms with E-state index in [9.17, 15) is 9.32 Å². The second-order valence-electron chi connectivity index (χ2n) is 8.39. The van der Waals surface area contributed by atoms with Gasteiger partial charge in [0.1, 0.15) is 16.5 Å². The molecule has 2 aliphatic heterocycles. The number of nitrogens with one attached hydrogen (secondary N) is 1. The van der Waals surface area contributed by atoms with E-state index in [1.54, 1.807) is 12.4 Å². The van der Waals surface area contributed by atoms with Crippen molar-refractivity contribution in [1.82, 2.24) is 19.9 Å². The summed E-state index contributed by atoms with van der Waals surface area (Å²) < 4.78 is 12.6. The van der Waals surface area contributed by atoms with Crippen LogP contribution in [0.2, 0.25) is 5.02 Å². The van der Waals surface area contributed by atoms with Crippen LogP contribution in [0, 0.1) is 0 Å². The Labute approximate surface area is 193 Å². The van der Waals surface area contributed by atoms with Crippen LogP contribution in [0.1, 0.15) is 49.5 Å². The van der Waals surface area contributed by atoms with E-state index < -0.39 is 10.8 Å². The molecule has 10 nitrogen and oxygen atoms in total. The molecule has 0 radical (unpaired) electrons. The van der Waals surface area contributed by atoms with Gasteiger partial charge >= 0.3 is 0 Å². The molecule has 1 saturated heterocycles. The summed E-state index contributed by atoms with van der Waals surface area (Å²) in [6.07, 6.45) is 8.71. The smallest absolute Gasteiger partial charge is 0.227 e. The molecule has 0 unspecified atom stereocenters. The zero-order chi connectivity index (χ0) is 20.7. The molecule has 0 aromatic carbocycles. The number of anilines is 2. The van der Waals surface area contributed by atoms with E-state index in [0.717, 1.165) is 61.6 Å². The number of piperidine rings is 1. The van der Waals surface area contributed by atoms with Crippen molar-refractivity contribution in [3.63, 3.8) is 0 Å². The molecular weight excluding hydrogens is 456 g/mol. The maximum atomic E-state index is 12.6. The summed E-state index contributed by atoms with van der Waals surface area (Å²) in [7, 11) is -1.08. The molecule has 6 N–H and O–H groups in total. The van der Waals surface area contributed by atoms with Gasteiger partial charge in [-0.05, 0) is 32.1 Å². The lowest BCUT2D eigenvalue weighted by molar-refractivity contribution is 0.143. The summed E-state index contributed by atoms with van der Waals surface area (Å²) >= 11 is 5.90. The fourth-order valence-corrected chi connectivity index (χ4v) is 5.86. The van der Waals surface area contributed by atoms with Crippen molar-refractivity contribution < 1.29 is 20.3 Å². The Morgan fingerprint density at radius 2 is 1.88 bits per heavy atom. The van der Waals surface area contributed by atoms with E-state index in [-0.39, 0.29) is 23.1 Å². The molecule has 176 valence electrons. The van der Waals surface area contributed by atoms with Gasteiger partial charge in [-0.3, -0.25) is 4.21 Å². The predicted molar refractivity (Wildman–Crippen MR) is 123 cm³/mol. The van der Waals surface area contributed by atoms with Gasteiger partial charge in [-0.2, -0.15) is 4.98 Å². The Hall–Kier alpha value is -1.92. The lowest BCUT2D eigenvalue weighted by Crippen LogP contribution is -2.48. The van der Waals surface area contributed by atoms with Crippen molar-refractivity contribution >= 4 is 34.2 Å². The molecule has 1 saturated carbocycles. The van der Waals surface area contributed by atoms with Gasteiger partial charge in [-0.15, -0.1) is 0 Å². The van der Waals surface area contributed by atoms with Crippen LogP contribution >= 0.6 is 11.6 Å².